The average Bonchev–Trinajstić information content (AvgIpc) is 3.09. The Morgan fingerprint density at radius 3 is 2.46 bits per heavy atom. The van der Waals surface area contributed by atoms with E-state index in [1.165, 1.54) is 0 Å². The van der Waals surface area contributed by atoms with Crippen LogP contribution >= 0.6 is 0 Å². The zero-order valence-corrected chi connectivity index (χ0v) is 13.9. The van der Waals surface area contributed by atoms with Gasteiger partial charge in [-0.2, -0.15) is 0 Å². The summed E-state index contributed by atoms with van der Waals surface area (Å²) in [5.41, 5.74) is 6.01. The standard InChI is InChI=1S/C18H22N4O2/c1-12-5-7-15(17(19)23)13(2)22(12)18(24)14-6-8-16(20-11-14)21-9-3-4-10-21/h3-4,6,8-13,15H,5,7H2,1-2H3,(H2,19,23). The molecule has 2 N–H and O–H groups in total. The molecule has 1 fully saturated rings. The first-order valence-electron chi connectivity index (χ1n) is 8.20. The summed E-state index contributed by atoms with van der Waals surface area (Å²) in [6.07, 6.45) is 6.89. The van der Waals surface area contributed by atoms with Crippen molar-refractivity contribution in [2.45, 2.75) is 38.8 Å². The molecule has 2 aromatic rings. The van der Waals surface area contributed by atoms with Crippen LogP contribution in [0.15, 0.2) is 42.9 Å². The van der Waals surface area contributed by atoms with Crippen LogP contribution in [-0.2, 0) is 4.79 Å². The van der Waals surface area contributed by atoms with Gasteiger partial charge in [0.2, 0.25) is 5.91 Å². The third-order valence-electron chi connectivity index (χ3n) is 4.86. The van der Waals surface area contributed by atoms with Gasteiger partial charge in [0, 0.05) is 30.7 Å². The second kappa shape index (κ2) is 6.47. The molecule has 2 amide bonds. The topological polar surface area (TPSA) is 81.2 Å². The Labute approximate surface area is 141 Å². The Bertz CT molecular complexity index is 724. The first kappa shape index (κ1) is 16.2. The number of hydrogen-bond donors (Lipinski definition) is 1. The van der Waals surface area contributed by atoms with Crippen LogP contribution < -0.4 is 5.73 Å². The molecule has 0 radical (unpaired) electrons. The predicted octanol–water partition coefficient (Wildman–Crippen LogP) is 1.99. The number of carbonyl (C=O) groups excluding carboxylic acids is 2. The van der Waals surface area contributed by atoms with E-state index in [1.54, 1.807) is 17.2 Å². The Kier molecular flexibility index (Phi) is 4.38. The maximum atomic E-state index is 12.9. The molecule has 126 valence electrons. The van der Waals surface area contributed by atoms with E-state index in [-0.39, 0.29) is 29.8 Å². The third-order valence-corrected chi connectivity index (χ3v) is 4.86. The summed E-state index contributed by atoms with van der Waals surface area (Å²) in [6.45, 7) is 3.90. The molecule has 0 saturated carbocycles. The van der Waals surface area contributed by atoms with Crippen molar-refractivity contribution in [3.05, 3.63) is 48.4 Å². The summed E-state index contributed by atoms with van der Waals surface area (Å²) >= 11 is 0. The molecule has 1 aliphatic heterocycles. The minimum Gasteiger partial charge on any atom is -0.369 e. The average molecular weight is 326 g/mol. The van der Waals surface area contributed by atoms with Crippen molar-refractivity contribution in [2.75, 3.05) is 0 Å². The van der Waals surface area contributed by atoms with Crippen LogP contribution in [0.5, 0.6) is 0 Å². The molecule has 0 aromatic carbocycles. The van der Waals surface area contributed by atoms with Crippen LogP contribution in [0.1, 0.15) is 37.0 Å². The number of primary amides is 1. The molecular formula is C18H22N4O2. The predicted molar refractivity (Wildman–Crippen MR) is 90.6 cm³/mol. The minimum absolute atomic E-state index is 0.0761. The van der Waals surface area contributed by atoms with E-state index in [4.69, 9.17) is 5.73 Å². The number of piperidine rings is 1. The number of carbonyl (C=O) groups is 2. The van der Waals surface area contributed by atoms with Crippen LogP contribution in [0.4, 0.5) is 0 Å². The van der Waals surface area contributed by atoms with Crippen LogP contribution in [0.2, 0.25) is 0 Å². The van der Waals surface area contributed by atoms with Gasteiger partial charge in [-0.15, -0.1) is 0 Å². The quantitative estimate of drug-likeness (QED) is 0.936. The lowest BCUT2D eigenvalue weighted by Gasteiger charge is -2.42. The van der Waals surface area contributed by atoms with Crippen LogP contribution in [-0.4, -0.2) is 38.3 Å². The highest BCUT2D eigenvalue weighted by molar-refractivity contribution is 5.95. The van der Waals surface area contributed by atoms with Crippen molar-refractivity contribution < 1.29 is 9.59 Å². The number of rotatable bonds is 3. The van der Waals surface area contributed by atoms with Gasteiger partial charge in [-0.05, 0) is 51.0 Å². The number of nitrogens with two attached hydrogens (primary N) is 1. The van der Waals surface area contributed by atoms with Gasteiger partial charge in [0.15, 0.2) is 0 Å². The lowest BCUT2D eigenvalue weighted by atomic mass is 9.85. The zero-order chi connectivity index (χ0) is 17.3. The fraction of sp³-hybridized carbons (Fsp3) is 0.389. The van der Waals surface area contributed by atoms with Gasteiger partial charge in [-0.3, -0.25) is 9.59 Å². The number of amides is 2. The molecule has 6 nitrogen and oxygen atoms in total. The largest absolute Gasteiger partial charge is 0.369 e. The summed E-state index contributed by atoms with van der Waals surface area (Å²) in [4.78, 5) is 30.7. The van der Waals surface area contributed by atoms with E-state index in [0.717, 1.165) is 18.7 Å². The van der Waals surface area contributed by atoms with Crippen molar-refractivity contribution in [3.63, 3.8) is 0 Å². The van der Waals surface area contributed by atoms with Crippen LogP contribution in [0, 0.1) is 5.92 Å². The lowest BCUT2D eigenvalue weighted by molar-refractivity contribution is -0.125. The van der Waals surface area contributed by atoms with Crippen LogP contribution in [0.25, 0.3) is 5.82 Å². The number of nitrogens with zero attached hydrogens (tertiary/aromatic N) is 3. The molecule has 6 heteroatoms. The molecule has 1 saturated heterocycles. The first-order chi connectivity index (χ1) is 11.5. The maximum Gasteiger partial charge on any atom is 0.255 e. The molecular weight excluding hydrogens is 304 g/mol. The van der Waals surface area contributed by atoms with Crippen molar-refractivity contribution in [3.8, 4) is 5.82 Å². The third kappa shape index (κ3) is 2.91. The molecule has 3 atom stereocenters. The van der Waals surface area contributed by atoms with E-state index in [9.17, 15) is 9.59 Å². The summed E-state index contributed by atoms with van der Waals surface area (Å²) in [7, 11) is 0. The second-order valence-corrected chi connectivity index (χ2v) is 6.38. The molecule has 0 bridgehead atoms. The molecule has 24 heavy (non-hydrogen) atoms. The summed E-state index contributed by atoms with van der Waals surface area (Å²) in [5.74, 6) is 0.0179. The zero-order valence-electron chi connectivity index (χ0n) is 13.9. The van der Waals surface area contributed by atoms with Gasteiger partial charge >= 0.3 is 0 Å². The number of likely N-dealkylation sites (tertiary alicyclic amines) is 1. The highest BCUT2D eigenvalue weighted by Crippen LogP contribution is 2.29. The minimum atomic E-state index is -0.340. The number of pyridine rings is 1. The number of hydrogen-bond acceptors (Lipinski definition) is 3. The first-order valence-corrected chi connectivity index (χ1v) is 8.20. The van der Waals surface area contributed by atoms with Gasteiger partial charge in [0.05, 0.1) is 11.5 Å². The second-order valence-electron chi connectivity index (χ2n) is 6.38. The Morgan fingerprint density at radius 2 is 1.88 bits per heavy atom. The molecule has 2 aromatic heterocycles. The van der Waals surface area contributed by atoms with E-state index < -0.39 is 0 Å². The van der Waals surface area contributed by atoms with E-state index in [2.05, 4.69) is 4.98 Å². The van der Waals surface area contributed by atoms with Gasteiger partial charge in [-0.1, -0.05) is 0 Å². The SMILES string of the molecule is CC1CCC(C(N)=O)C(C)N1C(=O)c1ccc(-n2cccc2)nc1. The molecule has 0 aliphatic carbocycles. The van der Waals surface area contributed by atoms with E-state index in [0.29, 0.717) is 5.56 Å². The monoisotopic (exact) mass is 326 g/mol. The molecule has 0 spiro atoms. The van der Waals surface area contributed by atoms with Crippen molar-refractivity contribution >= 4 is 11.8 Å². The fourth-order valence-electron chi connectivity index (χ4n) is 3.46. The van der Waals surface area contributed by atoms with Crippen molar-refractivity contribution in [1.82, 2.24) is 14.5 Å². The van der Waals surface area contributed by atoms with Crippen molar-refractivity contribution in [2.24, 2.45) is 11.7 Å². The lowest BCUT2D eigenvalue weighted by Crippen LogP contribution is -2.54. The highest BCUT2D eigenvalue weighted by Gasteiger charge is 2.38. The Hall–Kier alpha value is -2.63. The summed E-state index contributed by atoms with van der Waals surface area (Å²) < 4.78 is 1.88. The molecule has 1 aliphatic rings. The van der Waals surface area contributed by atoms with Crippen LogP contribution in [0.3, 0.4) is 0 Å². The van der Waals surface area contributed by atoms with Gasteiger partial charge in [0.25, 0.3) is 5.91 Å². The van der Waals surface area contributed by atoms with Crippen molar-refractivity contribution in [1.29, 1.82) is 0 Å². The summed E-state index contributed by atoms with van der Waals surface area (Å²) in [6, 6.07) is 7.30. The summed E-state index contributed by atoms with van der Waals surface area (Å²) in [5, 5.41) is 0. The van der Waals surface area contributed by atoms with Gasteiger partial charge in [0.1, 0.15) is 5.82 Å². The smallest absolute Gasteiger partial charge is 0.255 e. The number of aromatic nitrogens is 2. The Balaban J connectivity index is 1.83. The van der Waals surface area contributed by atoms with Gasteiger partial charge in [-0.25, -0.2) is 4.98 Å². The normalized spacial score (nSPS) is 23.9. The maximum absolute atomic E-state index is 12.9. The molecule has 3 unspecified atom stereocenters. The Morgan fingerprint density at radius 1 is 1.17 bits per heavy atom. The fourth-order valence-corrected chi connectivity index (χ4v) is 3.46. The van der Waals surface area contributed by atoms with Gasteiger partial charge < -0.3 is 15.2 Å². The van der Waals surface area contributed by atoms with E-state index in [1.807, 2.05) is 49.0 Å². The molecule has 3 rings (SSSR count). The molecule has 3 heterocycles. The van der Waals surface area contributed by atoms with E-state index >= 15 is 0 Å². The highest BCUT2D eigenvalue weighted by atomic mass is 16.2.